The van der Waals surface area contributed by atoms with Crippen LogP contribution in [0.2, 0.25) is 5.02 Å². The highest BCUT2D eigenvalue weighted by atomic mass is 35.5. The van der Waals surface area contributed by atoms with E-state index in [9.17, 15) is 9.59 Å². The van der Waals surface area contributed by atoms with E-state index >= 15 is 0 Å². The van der Waals surface area contributed by atoms with Crippen molar-refractivity contribution in [3.05, 3.63) is 96.6 Å². The minimum atomic E-state index is -0.103. The second-order valence-corrected chi connectivity index (χ2v) is 9.36. The molecule has 31 heavy (non-hydrogen) atoms. The topological polar surface area (TPSA) is 51.1 Å². The van der Waals surface area contributed by atoms with Crippen LogP contribution in [0.4, 0.5) is 0 Å². The predicted octanol–water partition coefficient (Wildman–Crippen LogP) is 6.03. The second kappa shape index (κ2) is 10.1. The Bertz CT molecular complexity index is 1210. The van der Waals surface area contributed by atoms with Crippen molar-refractivity contribution in [3.63, 3.8) is 0 Å². The van der Waals surface area contributed by atoms with E-state index in [0.29, 0.717) is 17.1 Å². The number of aromatic nitrogens is 1. The molecular weight excluding hydrogens is 448 g/mol. The fourth-order valence-corrected chi connectivity index (χ4v) is 4.98. The maximum Gasteiger partial charge on any atom is 0.312 e. The first kappa shape index (κ1) is 21.6. The van der Waals surface area contributed by atoms with Crippen molar-refractivity contribution in [3.8, 4) is 16.9 Å². The molecule has 0 atom stereocenters. The Hall–Kier alpha value is -2.67. The van der Waals surface area contributed by atoms with Crippen LogP contribution in [0.1, 0.15) is 28.1 Å². The molecule has 2 heterocycles. The van der Waals surface area contributed by atoms with Gasteiger partial charge in [0.15, 0.2) is 0 Å². The number of carbonyl (C=O) groups excluding carboxylic acids is 1. The number of nitrogens with one attached hydrogen (secondary N) is 1. The van der Waals surface area contributed by atoms with E-state index in [0.717, 1.165) is 47.5 Å². The molecule has 2 aromatic heterocycles. The van der Waals surface area contributed by atoms with Crippen LogP contribution in [0.5, 0.6) is 0 Å². The molecule has 4 nitrogen and oxygen atoms in total. The van der Waals surface area contributed by atoms with Crippen LogP contribution in [-0.4, -0.2) is 17.0 Å². The van der Waals surface area contributed by atoms with Gasteiger partial charge in [0, 0.05) is 33.0 Å². The molecule has 0 saturated heterocycles. The van der Waals surface area contributed by atoms with Crippen LogP contribution in [0.25, 0.3) is 16.9 Å². The third kappa shape index (κ3) is 5.34. The van der Waals surface area contributed by atoms with Gasteiger partial charge in [0.05, 0.1) is 11.4 Å². The molecule has 0 aliphatic rings. The molecule has 2 aromatic carbocycles. The van der Waals surface area contributed by atoms with Crippen LogP contribution < -0.4 is 10.2 Å². The summed E-state index contributed by atoms with van der Waals surface area (Å²) in [5.41, 5.74) is 2.89. The summed E-state index contributed by atoms with van der Waals surface area (Å²) >= 11 is 8.88. The second-order valence-electron chi connectivity index (χ2n) is 7.07. The van der Waals surface area contributed by atoms with Crippen molar-refractivity contribution >= 4 is 40.2 Å². The average molecular weight is 469 g/mol. The summed E-state index contributed by atoms with van der Waals surface area (Å²) in [6.45, 7) is 0.641. The molecule has 4 aromatic rings. The van der Waals surface area contributed by atoms with Gasteiger partial charge in [-0.25, -0.2) is 0 Å². The van der Waals surface area contributed by atoms with Crippen molar-refractivity contribution in [2.45, 2.75) is 19.3 Å². The molecule has 4 rings (SSSR count). The molecule has 0 bridgehead atoms. The lowest BCUT2D eigenvalue weighted by Gasteiger charge is -2.10. The average Bonchev–Trinajstić information content (AvgIpc) is 3.44. The predicted molar refractivity (Wildman–Crippen MR) is 130 cm³/mol. The van der Waals surface area contributed by atoms with Crippen LogP contribution in [0.15, 0.2) is 76.2 Å². The number of benzene rings is 2. The summed E-state index contributed by atoms with van der Waals surface area (Å²) < 4.78 is 1.64. The minimum absolute atomic E-state index is 0.0853. The van der Waals surface area contributed by atoms with Gasteiger partial charge in [-0.1, -0.05) is 41.1 Å². The molecule has 0 radical (unpaired) electrons. The van der Waals surface area contributed by atoms with Crippen molar-refractivity contribution in [1.82, 2.24) is 9.88 Å². The van der Waals surface area contributed by atoms with Gasteiger partial charge in [-0.15, -0.1) is 11.3 Å². The van der Waals surface area contributed by atoms with E-state index in [1.165, 1.54) is 4.88 Å². The van der Waals surface area contributed by atoms with Gasteiger partial charge in [0.25, 0.3) is 5.91 Å². The Morgan fingerprint density at radius 1 is 1.00 bits per heavy atom. The fourth-order valence-electron chi connectivity index (χ4n) is 3.34. The number of hydrogen-bond donors (Lipinski definition) is 1. The summed E-state index contributed by atoms with van der Waals surface area (Å²) in [6.07, 6.45) is 3.02. The van der Waals surface area contributed by atoms with E-state index < -0.39 is 0 Å². The summed E-state index contributed by atoms with van der Waals surface area (Å²) in [5, 5.41) is 7.52. The third-order valence-corrected chi connectivity index (χ3v) is 6.83. The summed E-state index contributed by atoms with van der Waals surface area (Å²) in [5.74, 6) is -0.103. The maximum atomic E-state index is 12.6. The Morgan fingerprint density at radius 2 is 1.84 bits per heavy atom. The van der Waals surface area contributed by atoms with Crippen molar-refractivity contribution in [2.24, 2.45) is 0 Å². The third-order valence-electron chi connectivity index (χ3n) is 4.92. The number of halogens is 1. The normalized spacial score (nSPS) is 10.9. The van der Waals surface area contributed by atoms with Crippen molar-refractivity contribution < 1.29 is 4.79 Å². The van der Waals surface area contributed by atoms with E-state index in [1.807, 2.05) is 35.7 Å². The first-order valence-corrected chi connectivity index (χ1v) is 12.1. The molecule has 0 aliphatic heterocycles. The highest BCUT2D eigenvalue weighted by molar-refractivity contribution is 7.09. The van der Waals surface area contributed by atoms with E-state index in [4.69, 9.17) is 11.6 Å². The van der Waals surface area contributed by atoms with Crippen LogP contribution in [0.3, 0.4) is 0 Å². The van der Waals surface area contributed by atoms with Crippen molar-refractivity contribution in [2.75, 3.05) is 6.54 Å². The quantitative estimate of drug-likeness (QED) is 0.321. The first-order chi connectivity index (χ1) is 15.1. The Labute approximate surface area is 193 Å². The largest absolute Gasteiger partial charge is 0.352 e. The van der Waals surface area contributed by atoms with Crippen LogP contribution in [-0.2, 0) is 6.42 Å². The summed E-state index contributed by atoms with van der Waals surface area (Å²) in [4.78, 5) is 26.4. The number of thiazole rings is 1. The zero-order valence-electron chi connectivity index (χ0n) is 16.7. The number of unbranched alkanes of at least 4 members (excludes halogenated alkanes) is 1. The number of hydrogen-bond acceptors (Lipinski definition) is 4. The van der Waals surface area contributed by atoms with Gasteiger partial charge in [0.2, 0.25) is 0 Å². The zero-order chi connectivity index (χ0) is 21.6. The number of aryl methyl sites for hydroxylation is 1. The Balaban J connectivity index is 1.44. The Morgan fingerprint density at radius 3 is 2.61 bits per heavy atom. The minimum Gasteiger partial charge on any atom is -0.352 e. The maximum absolute atomic E-state index is 12.6. The van der Waals surface area contributed by atoms with Crippen LogP contribution >= 0.6 is 34.3 Å². The molecule has 0 unspecified atom stereocenters. The molecule has 0 fully saturated rings. The molecule has 1 N–H and O–H groups in total. The van der Waals surface area contributed by atoms with Gasteiger partial charge in [-0.05, 0) is 67.1 Å². The summed E-state index contributed by atoms with van der Waals surface area (Å²) in [7, 11) is 0. The number of amides is 1. The van der Waals surface area contributed by atoms with Gasteiger partial charge in [-0.3, -0.25) is 14.2 Å². The highest BCUT2D eigenvalue weighted by Gasteiger charge is 2.13. The molecule has 0 spiro atoms. The lowest BCUT2D eigenvalue weighted by Crippen LogP contribution is -2.24. The molecule has 0 saturated carbocycles. The number of nitrogens with zero attached hydrogens (tertiary/aromatic N) is 1. The molecule has 158 valence electrons. The smallest absolute Gasteiger partial charge is 0.312 e. The van der Waals surface area contributed by atoms with Crippen molar-refractivity contribution in [1.29, 1.82) is 0 Å². The monoisotopic (exact) mass is 468 g/mol. The van der Waals surface area contributed by atoms with Gasteiger partial charge >= 0.3 is 4.87 Å². The van der Waals surface area contributed by atoms with E-state index in [1.54, 1.807) is 34.1 Å². The Kier molecular flexibility index (Phi) is 7.02. The number of carbonyl (C=O) groups is 1. The molecule has 7 heteroatoms. The van der Waals surface area contributed by atoms with E-state index in [2.05, 4.69) is 22.8 Å². The fraction of sp³-hybridized carbons (Fsp3) is 0.167. The van der Waals surface area contributed by atoms with Gasteiger partial charge < -0.3 is 5.32 Å². The molecule has 1 amide bonds. The van der Waals surface area contributed by atoms with Crippen LogP contribution in [0, 0.1) is 0 Å². The zero-order valence-corrected chi connectivity index (χ0v) is 19.1. The number of thiophene rings is 1. The summed E-state index contributed by atoms with van der Waals surface area (Å²) in [6, 6.07) is 18.7. The number of rotatable bonds is 8. The molecule has 0 aliphatic carbocycles. The molecular formula is C24H21ClN2O2S2. The lowest BCUT2D eigenvalue weighted by molar-refractivity contribution is 0.0953. The van der Waals surface area contributed by atoms with E-state index in [-0.39, 0.29) is 10.8 Å². The standard InChI is InChI=1S/C24H21ClN2O2S2/c25-19-9-11-20(12-10-19)27-22(16-31-24(27)29)17-5-3-6-18(15-17)23(28)26-13-2-1-7-21-8-4-14-30-21/h3-6,8-12,14-16H,1-2,7,13H2,(H,26,28). The van der Waals surface area contributed by atoms with Gasteiger partial charge in [-0.2, -0.15) is 0 Å². The highest BCUT2D eigenvalue weighted by Crippen LogP contribution is 2.25. The van der Waals surface area contributed by atoms with Gasteiger partial charge in [0.1, 0.15) is 0 Å². The lowest BCUT2D eigenvalue weighted by atomic mass is 10.1. The SMILES string of the molecule is O=C(NCCCCc1cccs1)c1cccc(-c2csc(=O)n2-c2ccc(Cl)cc2)c1. The first-order valence-electron chi connectivity index (χ1n) is 9.99.